The predicted octanol–water partition coefficient (Wildman–Crippen LogP) is 3.07. The number of aliphatic hydroxyl groups excluding tert-OH is 1. The van der Waals surface area contributed by atoms with Crippen LogP contribution in [-0.2, 0) is 6.54 Å². The average Bonchev–Trinajstić information content (AvgIpc) is 2.90. The number of aliphatic hydroxyl groups is 1. The number of thiazole rings is 1. The Kier molecular flexibility index (Phi) is 5.13. The number of aromatic nitrogens is 1. The van der Waals surface area contributed by atoms with Gasteiger partial charge in [0.1, 0.15) is 0 Å². The standard InChI is InChI=1S/C15H24N2OS/c1-13(2)4-6-15(11-18)5-3-7-17(10-15)8-14-9-19-12-16-14/h4,9,12,18H,3,5-8,10-11H2,1-2H3. The lowest BCUT2D eigenvalue weighted by Gasteiger charge is -2.41. The molecule has 1 aliphatic rings. The van der Waals surface area contributed by atoms with Crippen LogP contribution in [0.1, 0.15) is 38.8 Å². The Morgan fingerprint density at radius 1 is 1.58 bits per heavy atom. The molecule has 0 aliphatic carbocycles. The molecule has 1 fully saturated rings. The Bertz CT molecular complexity index is 412. The zero-order chi connectivity index (χ0) is 13.7. The van der Waals surface area contributed by atoms with E-state index in [2.05, 4.69) is 35.2 Å². The van der Waals surface area contributed by atoms with Gasteiger partial charge < -0.3 is 5.11 Å². The third kappa shape index (κ3) is 4.13. The highest BCUT2D eigenvalue weighted by atomic mass is 32.1. The molecule has 1 aromatic heterocycles. The molecule has 0 bridgehead atoms. The van der Waals surface area contributed by atoms with Crippen LogP contribution >= 0.6 is 11.3 Å². The van der Waals surface area contributed by atoms with Crippen molar-refractivity contribution >= 4 is 11.3 Å². The summed E-state index contributed by atoms with van der Waals surface area (Å²) >= 11 is 1.65. The molecule has 1 atom stereocenters. The number of hydrogen-bond donors (Lipinski definition) is 1. The Labute approximate surface area is 120 Å². The highest BCUT2D eigenvalue weighted by Crippen LogP contribution is 2.34. The summed E-state index contributed by atoms with van der Waals surface area (Å²) in [7, 11) is 0. The molecule has 0 radical (unpaired) electrons. The Morgan fingerprint density at radius 2 is 2.42 bits per heavy atom. The number of piperidine rings is 1. The first-order chi connectivity index (χ1) is 9.13. The van der Waals surface area contributed by atoms with Gasteiger partial charge in [-0.25, -0.2) is 4.98 Å². The molecule has 1 saturated heterocycles. The normalized spacial score (nSPS) is 24.4. The molecule has 1 N–H and O–H groups in total. The lowest BCUT2D eigenvalue weighted by molar-refractivity contribution is 0.0303. The summed E-state index contributed by atoms with van der Waals surface area (Å²) in [6.07, 6.45) is 5.55. The van der Waals surface area contributed by atoms with E-state index >= 15 is 0 Å². The second kappa shape index (κ2) is 6.64. The lowest BCUT2D eigenvalue weighted by atomic mass is 9.77. The maximum Gasteiger partial charge on any atom is 0.0795 e. The van der Waals surface area contributed by atoms with E-state index < -0.39 is 0 Å². The summed E-state index contributed by atoms with van der Waals surface area (Å²) < 4.78 is 0. The monoisotopic (exact) mass is 280 g/mol. The van der Waals surface area contributed by atoms with Crippen LogP contribution in [0.5, 0.6) is 0 Å². The zero-order valence-corrected chi connectivity index (χ0v) is 12.7. The van der Waals surface area contributed by atoms with Gasteiger partial charge in [-0.05, 0) is 39.7 Å². The van der Waals surface area contributed by atoms with Gasteiger partial charge in [-0.1, -0.05) is 11.6 Å². The van der Waals surface area contributed by atoms with Gasteiger partial charge in [0.25, 0.3) is 0 Å². The highest BCUT2D eigenvalue weighted by molar-refractivity contribution is 7.07. The number of rotatable bonds is 5. The molecule has 0 spiro atoms. The molecule has 2 rings (SSSR count). The van der Waals surface area contributed by atoms with Gasteiger partial charge in [0.2, 0.25) is 0 Å². The molecule has 1 aliphatic heterocycles. The second-order valence-corrected chi connectivity index (χ2v) is 6.66. The molecule has 19 heavy (non-hydrogen) atoms. The predicted molar refractivity (Wildman–Crippen MR) is 80.2 cm³/mol. The first-order valence-corrected chi connectivity index (χ1v) is 7.91. The summed E-state index contributed by atoms with van der Waals surface area (Å²) in [5.41, 5.74) is 4.43. The third-order valence-corrected chi connectivity index (χ3v) is 4.52. The topological polar surface area (TPSA) is 36.4 Å². The summed E-state index contributed by atoms with van der Waals surface area (Å²) in [6.45, 7) is 7.55. The number of allylic oxidation sites excluding steroid dienone is 2. The largest absolute Gasteiger partial charge is 0.396 e. The molecule has 0 amide bonds. The fourth-order valence-electron chi connectivity index (χ4n) is 2.77. The Hall–Kier alpha value is -0.710. The molecule has 1 unspecified atom stereocenters. The van der Waals surface area contributed by atoms with Gasteiger partial charge in [-0.3, -0.25) is 4.90 Å². The summed E-state index contributed by atoms with van der Waals surface area (Å²) in [4.78, 5) is 6.80. The van der Waals surface area contributed by atoms with Crippen molar-refractivity contribution in [1.29, 1.82) is 0 Å². The van der Waals surface area contributed by atoms with Gasteiger partial charge in [0, 0.05) is 23.9 Å². The third-order valence-electron chi connectivity index (χ3n) is 3.89. The van der Waals surface area contributed by atoms with Crippen molar-refractivity contribution in [3.05, 3.63) is 28.2 Å². The maximum absolute atomic E-state index is 9.83. The zero-order valence-electron chi connectivity index (χ0n) is 11.9. The van der Waals surface area contributed by atoms with E-state index in [0.717, 1.165) is 38.2 Å². The number of nitrogens with zero attached hydrogens (tertiary/aromatic N) is 2. The molecular weight excluding hydrogens is 256 g/mol. The van der Waals surface area contributed by atoms with Crippen molar-refractivity contribution in [3.8, 4) is 0 Å². The van der Waals surface area contributed by atoms with Crippen LogP contribution in [0.4, 0.5) is 0 Å². The minimum Gasteiger partial charge on any atom is -0.396 e. The fraction of sp³-hybridized carbons (Fsp3) is 0.667. The van der Waals surface area contributed by atoms with E-state index in [1.165, 1.54) is 12.0 Å². The molecule has 2 heterocycles. The van der Waals surface area contributed by atoms with Crippen molar-refractivity contribution < 1.29 is 5.11 Å². The molecular formula is C15H24N2OS. The van der Waals surface area contributed by atoms with Gasteiger partial charge in [0.05, 0.1) is 17.8 Å². The van der Waals surface area contributed by atoms with Crippen molar-refractivity contribution in [3.63, 3.8) is 0 Å². The molecule has 3 nitrogen and oxygen atoms in total. The van der Waals surface area contributed by atoms with Crippen LogP contribution in [0.2, 0.25) is 0 Å². The van der Waals surface area contributed by atoms with E-state index in [1.54, 1.807) is 11.3 Å². The molecule has 4 heteroatoms. The molecule has 0 saturated carbocycles. The van der Waals surface area contributed by atoms with E-state index in [-0.39, 0.29) is 12.0 Å². The van der Waals surface area contributed by atoms with Crippen molar-refractivity contribution in [1.82, 2.24) is 9.88 Å². The van der Waals surface area contributed by atoms with Gasteiger partial charge in [-0.2, -0.15) is 0 Å². The average molecular weight is 280 g/mol. The van der Waals surface area contributed by atoms with Crippen molar-refractivity contribution in [2.75, 3.05) is 19.7 Å². The van der Waals surface area contributed by atoms with Crippen LogP contribution in [0.15, 0.2) is 22.5 Å². The first-order valence-electron chi connectivity index (χ1n) is 6.97. The van der Waals surface area contributed by atoms with Crippen LogP contribution in [-0.4, -0.2) is 34.7 Å². The fourth-order valence-corrected chi connectivity index (χ4v) is 3.32. The van der Waals surface area contributed by atoms with Gasteiger partial charge in [-0.15, -0.1) is 11.3 Å². The minimum absolute atomic E-state index is 0.0472. The molecule has 1 aromatic rings. The van der Waals surface area contributed by atoms with Crippen LogP contribution in [0, 0.1) is 5.41 Å². The quantitative estimate of drug-likeness (QED) is 0.842. The minimum atomic E-state index is 0.0472. The van der Waals surface area contributed by atoms with E-state index in [4.69, 9.17) is 0 Å². The Balaban J connectivity index is 1.99. The Morgan fingerprint density at radius 3 is 3.05 bits per heavy atom. The first kappa shape index (κ1) is 14.7. The van der Waals surface area contributed by atoms with Crippen molar-refractivity contribution in [2.24, 2.45) is 5.41 Å². The summed E-state index contributed by atoms with van der Waals surface area (Å²) in [5.74, 6) is 0. The summed E-state index contributed by atoms with van der Waals surface area (Å²) in [5, 5.41) is 11.9. The molecule has 106 valence electrons. The second-order valence-electron chi connectivity index (χ2n) is 5.94. The van der Waals surface area contributed by atoms with Crippen LogP contribution < -0.4 is 0 Å². The number of hydrogen-bond acceptors (Lipinski definition) is 4. The molecule has 0 aromatic carbocycles. The maximum atomic E-state index is 9.83. The number of likely N-dealkylation sites (tertiary alicyclic amines) is 1. The van der Waals surface area contributed by atoms with E-state index in [9.17, 15) is 5.11 Å². The smallest absolute Gasteiger partial charge is 0.0795 e. The van der Waals surface area contributed by atoms with Gasteiger partial charge in [0.15, 0.2) is 0 Å². The SMILES string of the molecule is CC(C)=CCC1(CO)CCCN(Cc2cscn2)C1. The van der Waals surface area contributed by atoms with E-state index in [0.29, 0.717) is 0 Å². The summed E-state index contributed by atoms with van der Waals surface area (Å²) in [6, 6.07) is 0. The van der Waals surface area contributed by atoms with Crippen LogP contribution in [0.25, 0.3) is 0 Å². The highest BCUT2D eigenvalue weighted by Gasteiger charge is 2.34. The lowest BCUT2D eigenvalue weighted by Crippen LogP contribution is -2.44. The van der Waals surface area contributed by atoms with E-state index in [1.807, 2.05) is 5.51 Å². The van der Waals surface area contributed by atoms with Crippen molar-refractivity contribution in [2.45, 2.75) is 39.7 Å². The van der Waals surface area contributed by atoms with Crippen LogP contribution in [0.3, 0.4) is 0 Å². The van der Waals surface area contributed by atoms with Gasteiger partial charge >= 0.3 is 0 Å².